The zero-order chi connectivity index (χ0) is 10.4. The number of amidine groups is 1. The predicted molar refractivity (Wildman–Crippen MR) is 62.7 cm³/mol. The van der Waals surface area contributed by atoms with Crippen molar-refractivity contribution in [3.63, 3.8) is 0 Å². The van der Waals surface area contributed by atoms with Crippen molar-refractivity contribution in [1.29, 1.82) is 0 Å². The van der Waals surface area contributed by atoms with E-state index in [1.54, 1.807) is 0 Å². The summed E-state index contributed by atoms with van der Waals surface area (Å²) in [6.07, 6.45) is 10.2. The van der Waals surface area contributed by atoms with Gasteiger partial charge >= 0.3 is 95.3 Å². The molecule has 81 valence electrons. The van der Waals surface area contributed by atoms with Crippen molar-refractivity contribution in [3.05, 3.63) is 0 Å². The van der Waals surface area contributed by atoms with E-state index in [0.717, 1.165) is 0 Å². The summed E-state index contributed by atoms with van der Waals surface area (Å²) in [6, 6.07) is 0. The number of nitrogens with zero attached hydrogens (tertiary/aromatic N) is 1. The first-order valence-corrected chi connectivity index (χ1v) is 6.56. The Hall–Kier alpha value is -0.0105. The normalized spacial score (nSPS) is 22.2. The molecule has 1 rings (SSSR count). The first-order valence-electron chi connectivity index (χ1n) is 5.71. The first-order chi connectivity index (χ1) is 6.68. The van der Waals surface area contributed by atoms with E-state index < -0.39 is 0 Å². The quantitative estimate of drug-likeness (QED) is 0.470. The molecule has 0 spiro atoms. The summed E-state index contributed by atoms with van der Waals surface area (Å²) in [4.78, 5) is 4.64. The molecular weight excluding hydrogens is 239 g/mol. The Labute approximate surface area is 95.6 Å². The van der Waals surface area contributed by atoms with Crippen LogP contribution in [0, 0.1) is 0 Å². The summed E-state index contributed by atoms with van der Waals surface area (Å²) in [5, 5.41) is 0. The number of hydrogen-bond donors (Lipinski definition) is 1. The number of unbranched alkanes of at least 4 members (excludes halogenated alkanes) is 1. The van der Waals surface area contributed by atoms with Gasteiger partial charge in [-0.2, -0.15) is 0 Å². The van der Waals surface area contributed by atoms with Gasteiger partial charge in [0.25, 0.3) is 0 Å². The van der Waals surface area contributed by atoms with Crippen molar-refractivity contribution in [3.8, 4) is 0 Å². The molecule has 0 saturated heterocycles. The van der Waals surface area contributed by atoms with Crippen LogP contribution in [0.15, 0.2) is 4.99 Å². The Morgan fingerprint density at radius 2 is 2.00 bits per heavy atom. The maximum absolute atomic E-state index is 5.67. The zero-order valence-electron chi connectivity index (χ0n) is 9.09. The topological polar surface area (TPSA) is 38.4 Å². The van der Waals surface area contributed by atoms with Gasteiger partial charge in [0, 0.05) is 0 Å². The Morgan fingerprint density at radius 3 is 2.50 bits per heavy atom. The van der Waals surface area contributed by atoms with Crippen molar-refractivity contribution in [2.24, 2.45) is 10.7 Å². The number of nitrogens with two attached hydrogens (primary N) is 1. The van der Waals surface area contributed by atoms with Crippen LogP contribution in [0.1, 0.15) is 58.3 Å². The van der Waals surface area contributed by atoms with Crippen molar-refractivity contribution in [2.75, 3.05) is 0 Å². The first kappa shape index (κ1) is 12.1. The van der Waals surface area contributed by atoms with Crippen LogP contribution in [-0.4, -0.2) is 26.3 Å². The number of rotatable bonds is 4. The van der Waals surface area contributed by atoms with Crippen LogP contribution in [0.5, 0.6) is 0 Å². The molecule has 14 heavy (non-hydrogen) atoms. The molecule has 0 aromatic heterocycles. The van der Waals surface area contributed by atoms with Gasteiger partial charge in [-0.3, -0.25) is 0 Å². The van der Waals surface area contributed by atoms with E-state index in [4.69, 9.17) is 5.73 Å². The summed E-state index contributed by atoms with van der Waals surface area (Å²) in [6.45, 7) is 2.24. The average Bonchev–Trinajstić information content (AvgIpc) is 2.15. The van der Waals surface area contributed by atoms with Gasteiger partial charge in [-0.1, -0.05) is 0 Å². The van der Waals surface area contributed by atoms with Crippen LogP contribution in [0.3, 0.4) is 0 Å². The van der Waals surface area contributed by atoms with Gasteiger partial charge in [0.1, 0.15) is 0 Å². The molecule has 1 aliphatic rings. The Kier molecular flexibility index (Phi) is 4.97. The number of aliphatic imine (C=N–C) groups is 1. The van der Waals surface area contributed by atoms with Crippen molar-refractivity contribution >= 4 is 20.7 Å². The van der Waals surface area contributed by atoms with E-state index in [1.165, 1.54) is 51.4 Å². The SMILES string of the molecule is CCCCC1(N=C(N)[Se])CCCCC1. The van der Waals surface area contributed by atoms with Crippen LogP contribution in [0.2, 0.25) is 0 Å². The molecule has 0 unspecified atom stereocenters. The third-order valence-electron chi connectivity index (χ3n) is 3.13. The fourth-order valence-electron chi connectivity index (χ4n) is 2.37. The van der Waals surface area contributed by atoms with Gasteiger partial charge in [0.2, 0.25) is 0 Å². The molecule has 0 atom stereocenters. The van der Waals surface area contributed by atoms with Gasteiger partial charge in [-0.05, 0) is 0 Å². The van der Waals surface area contributed by atoms with Crippen LogP contribution < -0.4 is 5.73 Å². The molecule has 0 aromatic rings. The third kappa shape index (κ3) is 3.62. The molecule has 1 saturated carbocycles. The molecule has 2 N–H and O–H groups in total. The second kappa shape index (κ2) is 5.77. The van der Waals surface area contributed by atoms with Gasteiger partial charge in [0.05, 0.1) is 0 Å². The summed E-state index contributed by atoms with van der Waals surface area (Å²) >= 11 is 2.82. The van der Waals surface area contributed by atoms with E-state index in [0.29, 0.717) is 4.73 Å². The summed E-state index contributed by atoms with van der Waals surface area (Å²) in [5.41, 5.74) is 5.86. The molecule has 2 nitrogen and oxygen atoms in total. The molecule has 3 heteroatoms. The number of hydrogen-bond acceptors (Lipinski definition) is 1. The van der Waals surface area contributed by atoms with Gasteiger partial charge in [0.15, 0.2) is 0 Å². The molecule has 0 bridgehead atoms. The summed E-state index contributed by atoms with van der Waals surface area (Å²) < 4.78 is 0.642. The van der Waals surface area contributed by atoms with Crippen molar-refractivity contribution < 1.29 is 0 Å². The predicted octanol–water partition coefficient (Wildman–Crippen LogP) is 2.36. The molecule has 0 heterocycles. The molecule has 0 aliphatic heterocycles. The summed E-state index contributed by atoms with van der Waals surface area (Å²) in [7, 11) is 0. The van der Waals surface area contributed by atoms with Crippen LogP contribution in [0.4, 0.5) is 0 Å². The van der Waals surface area contributed by atoms with Crippen molar-refractivity contribution in [1.82, 2.24) is 0 Å². The standard InChI is InChI=1S/C11H21N2Se/c1-2-3-7-11(13-10(12)14)8-5-4-6-9-11/h2-9H2,1H3,(H2,12,13). The van der Waals surface area contributed by atoms with Crippen molar-refractivity contribution in [2.45, 2.75) is 63.8 Å². The summed E-state index contributed by atoms with van der Waals surface area (Å²) in [5.74, 6) is 0. The Balaban J connectivity index is 2.62. The van der Waals surface area contributed by atoms with E-state index in [-0.39, 0.29) is 5.54 Å². The molecular formula is C11H21N2Se. The second-order valence-electron chi connectivity index (χ2n) is 4.34. The van der Waals surface area contributed by atoms with E-state index >= 15 is 0 Å². The Bertz CT molecular complexity index is 191. The molecule has 0 aromatic carbocycles. The van der Waals surface area contributed by atoms with Gasteiger partial charge in [-0.25, -0.2) is 0 Å². The fourth-order valence-corrected chi connectivity index (χ4v) is 2.77. The monoisotopic (exact) mass is 261 g/mol. The van der Waals surface area contributed by atoms with Crippen LogP contribution in [-0.2, 0) is 0 Å². The Morgan fingerprint density at radius 1 is 1.36 bits per heavy atom. The van der Waals surface area contributed by atoms with Crippen LogP contribution >= 0.6 is 0 Å². The van der Waals surface area contributed by atoms with Gasteiger partial charge in [-0.15, -0.1) is 0 Å². The minimum absolute atomic E-state index is 0.184. The third-order valence-corrected chi connectivity index (χ3v) is 3.32. The van der Waals surface area contributed by atoms with E-state index in [2.05, 4.69) is 27.9 Å². The molecule has 1 radical (unpaired) electrons. The molecule has 1 fully saturated rings. The van der Waals surface area contributed by atoms with Gasteiger partial charge < -0.3 is 0 Å². The zero-order valence-corrected chi connectivity index (χ0v) is 10.8. The molecule has 1 aliphatic carbocycles. The van der Waals surface area contributed by atoms with Crippen LogP contribution in [0.25, 0.3) is 0 Å². The van der Waals surface area contributed by atoms with E-state index in [1.807, 2.05) is 0 Å². The maximum atomic E-state index is 5.67. The van der Waals surface area contributed by atoms with E-state index in [9.17, 15) is 0 Å². The fraction of sp³-hybridized carbons (Fsp3) is 0.909. The second-order valence-corrected chi connectivity index (χ2v) is 5.22. The average molecular weight is 260 g/mol. The minimum atomic E-state index is 0.184. The molecule has 0 amide bonds.